The Morgan fingerprint density at radius 1 is 1.13 bits per heavy atom. The molecule has 1 N–H and O–H groups in total. The minimum atomic E-state index is -0.451. The highest BCUT2D eigenvalue weighted by molar-refractivity contribution is 6.32. The second kappa shape index (κ2) is 10.5. The van der Waals surface area contributed by atoms with Crippen LogP contribution in [0.5, 0.6) is 5.75 Å². The fraction of sp³-hybridized carbons (Fsp3) is 0.391. The molecule has 1 aliphatic heterocycles. The van der Waals surface area contributed by atoms with E-state index in [2.05, 4.69) is 10.2 Å². The van der Waals surface area contributed by atoms with Crippen molar-refractivity contribution in [2.75, 3.05) is 26.8 Å². The molecule has 0 atom stereocenters. The van der Waals surface area contributed by atoms with E-state index in [-0.39, 0.29) is 11.9 Å². The maximum atomic E-state index is 12.6. The summed E-state index contributed by atoms with van der Waals surface area (Å²) in [6.07, 6.45) is 1.74. The molecule has 1 saturated heterocycles. The zero-order valence-corrected chi connectivity index (χ0v) is 18.1. The van der Waals surface area contributed by atoms with E-state index in [0.717, 1.165) is 38.0 Å². The summed E-state index contributed by atoms with van der Waals surface area (Å²) in [4.78, 5) is 26.6. The quantitative estimate of drug-likeness (QED) is 0.674. The number of hydrogen-bond donors (Lipinski definition) is 1. The Labute approximate surface area is 182 Å². The average Bonchev–Trinajstić information content (AvgIpc) is 2.77. The van der Waals surface area contributed by atoms with Gasteiger partial charge >= 0.3 is 5.97 Å². The van der Waals surface area contributed by atoms with Gasteiger partial charge in [-0.2, -0.15) is 0 Å². The highest BCUT2D eigenvalue weighted by atomic mass is 35.5. The maximum absolute atomic E-state index is 12.6. The molecule has 1 fully saturated rings. The van der Waals surface area contributed by atoms with Crippen molar-refractivity contribution in [3.05, 3.63) is 64.2 Å². The molecule has 0 radical (unpaired) electrons. The highest BCUT2D eigenvalue weighted by Crippen LogP contribution is 2.26. The van der Waals surface area contributed by atoms with Gasteiger partial charge in [-0.15, -0.1) is 0 Å². The molecule has 7 heteroatoms. The number of methoxy groups -OCH3 is 1. The van der Waals surface area contributed by atoms with Gasteiger partial charge in [-0.25, -0.2) is 4.79 Å². The van der Waals surface area contributed by atoms with Gasteiger partial charge in [0.05, 0.1) is 24.3 Å². The number of amides is 1. The van der Waals surface area contributed by atoms with Crippen molar-refractivity contribution in [1.29, 1.82) is 0 Å². The van der Waals surface area contributed by atoms with E-state index >= 15 is 0 Å². The lowest BCUT2D eigenvalue weighted by atomic mass is 10.0. The summed E-state index contributed by atoms with van der Waals surface area (Å²) >= 11 is 6.17. The number of piperidine rings is 1. The molecule has 0 saturated carbocycles. The summed E-state index contributed by atoms with van der Waals surface area (Å²) < 4.78 is 10.3. The molecule has 0 spiro atoms. The second-order valence-corrected chi connectivity index (χ2v) is 7.70. The fourth-order valence-electron chi connectivity index (χ4n) is 3.58. The van der Waals surface area contributed by atoms with Crippen molar-refractivity contribution in [3.63, 3.8) is 0 Å². The molecule has 0 aliphatic carbocycles. The Morgan fingerprint density at radius 3 is 2.57 bits per heavy atom. The smallest absolute Gasteiger partial charge is 0.337 e. The Bertz CT molecular complexity index is 895. The third kappa shape index (κ3) is 5.74. The van der Waals surface area contributed by atoms with Crippen LogP contribution in [0, 0.1) is 0 Å². The van der Waals surface area contributed by atoms with Gasteiger partial charge in [-0.3, -0.25) is 9.69 Å². The molecule has 1 aliphatic rings. The monoisotopic (exact) mass is 430 g/mol. The molecule has 0 bridgehead atoms. The van der Waals surface area contributed by atoms with Crippen molar-refractivity contribution < 1.29 is 19.1 Å². The molecule has 0 aromatic heterocycles. The van der Waals surface area contributed by atoms with Crippen LogP contribution < -0.4 is 10.1 Å². The van der Waals surface area contributed by atoms with Crippen LogP contribution in [0.3, 0.4) is 0 Å². The minimum Gasteiger partial charge on any atom is -0.492 e. The number of benzene rings is 2. The van der Waals surface area contributed by atoms with Gasteiger partial charge in [-0.05, 0) is 55.7 Å². The third-order valence-electron chi connectivity index (χ3n) is 5.17. The first-order valence-electron chi connectivity index (χ1n) is 10.1. The molecule has 30 heavy (non-hydrogen) atoms. The maximum Gasteiger partial charge on any atom is 0.337 e. The van der Waals surface area contributed by atoms with Crippen molar-refractivity contribution >= 4 is 23.5 Å². The van der Waals surface area contributed by atoms with Crippen molar-refractivity contribution in [1.82, 2.24) is 10.2 Å². The van der Waals surface area contributed by atoms with Crippen LogP contribution in [0.25, 0.3) is 0 Å². The number of halogens is 1. The number of nitrogens with zero attached hydrogens (tertiary/aromatic N) is 1. The molecule has 160 valence electrons. The van der Waals surface area contributed by atoms with Crippen LogP contribution in [-0.2, 0) is 11.3 Å². The predicted molar refractivity (Wildman–Crippen MR) is 116 cm³/mol. The van der Waals surface area contributed by atoms with E-state index in [1.807, 2.05) is 25.1 Å². The summed E-state index contributed by atoms with van der Waals surface area (Å²) in [6, 6.07) is 12.6. The highest BCUT2D eigenvalue weighted by Gasteiger charge is 2.22. The van der Waals surface area contributed by atoms with Gasteiger partial charge in [-0.1, -0.05) is 23.7 Å². The van der Waals surface area contributed by atoms with Crippen LogP contribution in [0.4, 0.5) is 0 Å². The average molecular weight is 431 g/mol. The van der Waals surface area contributed by atoms with Gasteiger partial charge in [0, 0.05) is 31.2 Å². The predicted octanol–water partition coefficient (Wildman–Crippen LogP) is 3.92. The van der Waals surface area contributed by atoms with E-state index in [1.165, 1.54) is 7.11 Å². The number of rotatable bonds is 7. The van der Waals surface area contributed by atoms with Gasteiger partial charge in [0.2, 0.25) is 0 Å². The van der Waals surface area contributed by atoms with E-state index in [4.69, 9.17) is 21.1 Å². The topological polar surface area (TPSA) is 67.9 Å². The molecule has 0 unspecified atom stereocenters. The van der Waals surface area contributed by atoms with Crippen LogP contribution in [-0.4, -0.2) is 49.6 Å². The summed E-state index contributed by atoms with van der Waals surface area (Å²) in [5, 5.41) is 3.71. The fourth-order valence-corrected chi connectivity index (χ4v) is 3.75. The van der Waals surface area contributed by atoms with Crippen LogP contribution in [0.2, 0.25) is 5.02 Å². The molecular weight excluding hydrogens is 404 g/mol. The second-order valence-electron chi connectivity index (χ2n) is 7.29. The van der Waals surface area contributed by atoms with Gasteiger partial charge in [0.15, 0.2) is 0 Å². The Balaban J connectivity index is 1.52. The number of esters is 1. The SMILES string of the molecule is CCOc1cc(CN2CCC(NC(=O)c3cccc(C(=O)OC)c3)CC2)ccc1Cl. The number of likely N-dealkylation sites (tertiary alicyclic amines) is 1. The van der Waals surface area contributed by atoms with E-state index in [0.29, 0.717) is 28.5 Å². The standard InChI is InChI=1S/C23H27ClN2O4/c1-3-30-21-13-16(7-8-20(21)24)15-26-11-9-19(10-12-26)25-22(27)17-5-4-6-18(14-17)23(28)29-2/h4-8,13-14,19H,3,9-12,15H2,1-2H3,(H,25,27). The largest absolute Gasteiger partial charge is 0.492 e. The third-order valence-corrected chi connectivity index (χ3v) is 5.48. The first-order valence-corrected chi connectivity index (χ1v) is 10.5. The lowest BCUT2D eigenvalue weighted by molar-refractivity contribution is 0.0600. The number of nitrogens with one attached hydrogen (secondary N) is 1. The van der Waals surface area contributed by atoms with Crippen molar-refractivity contribution in [2.45, 2.75) is 32.4 Å². The summed E-state index contributed by atoms with van der Waals surface area (Å²) in [6.45, 7) is 5.11. The van der Waals surface area contributed by atoms with Crippen molar-refractivity contribution in [3.8, 4) is 5.75 Å². The molecular formula is C23H27ClN2O4. The number of hydrogen-bond acceptors (Lipinski definition) is 5. The molecule has 6 nitrogen and oxygen atoms in total. The zero-order valence-electron chi connectivity index (χ0n) is 17.3. The number of carbonyl (C=O) groups excluding carboxylic acids is 2. The lowest BCUT2D eigenvalue weighted by Gasteiger charge is -2.32. The first-order chi connectivity index (χ1) is 14.5. The number of ether oxygens (including phenoxy) is 2. The minimum absolute atomic E-state index is 0.111. The van der Waals surface area contributed by atoms with Gasteiger partial charge < -0.3 is 14.8 Å². The van der Waals surface area contributed by atoms with Gasteiger partial charge in [0.1, 0.15) is 5.75 Å². The molecule has 3 rings (SSSR count). The molecule has 1 heterocycles. The molecule has 1 amide bonds. The summed E-state index contributed by atoms with van der Waals surface area (Å²) in [5.74, 6) is 0.0962. The molecule has 2 aromatic carbocycles. The Morgan fingerprint density at radius 2 is 1.87 bits per heavy atom. The van der Waals surface area contributed by atoms with Crippen LogP contribution in [0.15, 0.2) is 42.5 Å². The van der Waals surface area contributed by atoms with E-state index in [1.54, 1.807) is 24.3 Å². The van der Waals surface area contributed by atoms with E-state index < -0.39 is 5.97 Å². The van der Waals surface area contributed by atoms with Crippen LogP contribution >= 0.6 is 11.6 Å². The Hall–Kier alpha value is -2.57. The summed E-state index contributed by atoms with van der Waals surface area (Å²) in [7, 11) is 1.32. The zero-order chi connectivity index (χ0) is 21.5. The Kier molecular flexibility index (Phi) is 7.71. The van der Waals surface area contributed by atoms with Crippen molar-refractivity contribution in [2.24, 2.45) is 0 Å². The van der Waals surface area contributed by atoms with E-state index in [9.17, 15) is 9.59 Å². The lowest BCUT2D eigenvalue weighted by Crippen LogP contribution is -2.44. The summed E-state index contributed by atoms with van der Waals surface area (Å²) in [5.41, 5.74) is 1.99. The van der Waals surface area contributed by atoms with Gasteiger partial charge in [0.25, 0.3) is 5.91 Å². The van der Waals surface area contributed by atoms with Crippen LogP contribution in [0.1, 0.15) is 46.0 Å². The molecule has 2 aromatic rings. The normalized spacial score (nSPS) is 14.9. The first kappa shape index (κ1) is 22.1. The number of carbonyl (C=O) groups is 2.